The molecule has 0 aliphatic carbocycles. The van der Waals surface area contributed by atoms with Crippen molar-refractivity contribution in [2.24, 2.45) is 0 Å². The Balaban J connectivity index is -0.000000494. The van der Waals surface area contributed by atoms with E-state index in [4.69, 9.17) is 30.0 Å². The van der Waals surface area contributed by atoms with E-state index in [2.05, 4.69) is 0 Å². The normalized spacial score (nSPS) is 9.69. The van der Waals surface area contributed by atoms with Crippen molar-refractivity contribution in [3.8, 4) is 0 Å². The summed E-state index contributed by atoms with van der Waals surface area (Å²) in [6, 6.07) is 23.1. The smallest absolute Gasteiger partial charge is 0.744 e. The van der Waals surface area contributed by atoms with E-state index in [0.29, 0.717) is 10.8 Å². The van der Waals surface area contributed by atoms with Crippen LogP contribution in [0.3, 0.4) is 0 Å². The first-order valence-electron chi connectivity index (χ1n) is 9.28. The van der Waals surface area contributed by atoms with Gasteiger partial charge in [-0.05, 0) is 46.0 Å². The summed E-state index contributed by atoms with van der Waals surface area (Å²) in [5.41, 5.74) is 0. The minimum Gasteiger partial charge on any atom is -0.744 e. The van der Waals surface area contributed by atoms with Crippen molar-refractivity contribution in [1.82, 2.24) is 0 Å². The van der Waals surface area contributed by atoms with Gasteiger partial charge in [0.05, 0.1) is 9.79 Å². The average molecular weight is 655 g/mol. The Hall–Kier alpha value is -0.461. The number of rotatable bonds is 2. The second-order valence-corrected chi connectivity index (χ2v) is 9.06. The second-order valence-electron chi connectivity index (χ2n) is 6.36. The molecular weight excluding hydrogens is 641 g/mol. The molecule has 4 aromatic carbocycles. The van der Waals surface area contributed by atoms with Crippen LogP contribution in [0.1, 0.15) is 0 Å². The molecule has 0 aliphatic rings. The first kappa shape index (κ1) is 43.0. The molecule has 0 saturated carbocycles. The molecule has 0 amide bonds. The summed E-state index contributed by atoms with van der Waals surface area (Å²) in [4.78, 5) is 16.4. The van der Waals surface area contributed by atoms with Crippen LogP contribution in [-0.4, -0.2) is 151 Å². The van der Waals surface area contributed by atoms with Crippen LogP contribution < -0.4 is 20.4 Å². The summed E-state index contributed by atoms with van der Waals surface area (Å²) in [6.07, 6.45) is -4.67. The second kappa shape index (κ2) is 20.4. The third-order valence-corrected chi connectivity index (χ3v) is 5.83. The molecule has 0 heterocycles. The number of carboxylic acid groups (broad SMARTS) is 4. The molecule has 0 bridgehead atoms. The predicted molar refractivity (Wildman–Crippen MR) is 132 cm³/mol. The van der Waals surface area contributed by atoms with Crippen LogP contribution in [0.4, 0.5) is 9.59 Å². The maximum Gasteiger partial charge on any atom is 2.00 e. The van der Waals surface area contributed by atoms with E-state index < -0.39 is 32.5 Å². The largest absolute Gasteiger partial charge is 2.00 e. The first-order valence-corrected chi connectivity index (χ1v) is 12.1. The fourth-order valence-electron chi connectivity index (χ4n) is 2.83. The van der Waals surface area contributed by atoms with Gasteiger partial charge in [-0.1, -0.05) is 72.8 Å². The summed E-state index contributed by atoms with van der Waals surface area (Å²) in [6.45, 7) is 0. The summed E-state index contributed by atoms with van der Waals surface area (Å²) < 4.78 is 65.3. The Kier molecular flexibility index (Phi) is 22.5. The van der Waals surface area contributed by atoms with Crippen molar-refractivity contribution in [3.05, 3.63) is 84.9 Å². The van der Waals surface area contributed by atoms with Crippen molar-refractivity contribution >= 4 is 167 Å². The van der Waals surface area contributed by atoms with E-state index in [1.54, 1.807) is 72.8 Å². The van der Waals surface area contributed by atoms with Gasteiger partial charge in [0.15, 0.2) is 0 Å². The van der Waals surface area contributed by atoms with Crippen molar-refractivity contribution < 1.29 is 56.0 Å². The molecule has 4 rings (SSSR count). The van der Waals surface area contributed by atoms with Gasteiger partial charge < -0.3 is 39.1 Å². The van der Waals surface area contributed by atoms with Gasteiger partial charge in [0.2, 0.25) is 0 Å². The molecule has 0 atom stereocenters. The minimum absolute atomic E-state index is 0. The van der Waals surface area contributed by atoms with Crippen molar-refractivity contribution in [2.45, 2.75) is 9.79 Å². The number of hydrogen-bond acceptors (Lipinski definition) is 12. The molecule has 192 valence electrons. The molecule has 0 radical (unpaired) electrons. The third-order valence-electron chi connectivity index (χ3n) is 4.04. The molecule has 0 spiro atoms. The van der Waals surface area contributed by atoms with E-state index in [0.717, 1.165) is 10.8 Å². The summed E-state index contributed by atoms with van der Waals surface area (Å²) in [7, 11) is -8.76. The van der Waals surface area contributed by atoms with Gasteiger partial charge in [0.25, 0.3) is 0 Å². The fourth-order valence-corrected chi connectivity index (χ4v) is 4.23. The number of fused-ring (bicyclic) bond motifs is 2. The van der Waals surface area contributed by atoms with Crippen LogP contribution in [0.25, 0.3) is 21.5 Å². The number of carbonyl (C=O) groups excluding carboxylic acids is 2. The third kappa shape index (κ3) is 16.5. The minimum atomic E-state index is -4.38. The van der Waals surface area contributed by atoms with E-state index in [-0.39, 0.29) is 123 Å². The van der Waals surface area contributed by atoms with Gasteiger partial charge in [-0.15, -0.1) is 0 Å². The molecule has 0 aromatic heterocycles. The van der Waals surface area contributed by atoms with E-state index >= 15 is 0 Å². The van der Waals surface area contributed by atoms with Gasteiger partial charge in [0.1, 0.15) is 20.2 Å². The van der Waals surface area contributed by atoms with Crippen molar-refractivity contribution in [1.29, 1.82) is 0 Å². The zero-order valence-corrected chi connectivity index (χ0v) is 28.2. The van der Waals surface area contributed by atoms with E-state index in [1.807, 2.05) is 0 Å². The van der Waals surface area contributed by atoms with E-state index in [1.165, 1.54) is 12.1 Å². The first-order chi connectivity index (χ1) is 16.6. The molecular formula is C22H14Ca3O12S2. The maximum absolute atomic E-state index is 10.9. The molecule has 17 heteroatoms. The van der Waals surface area contributed by atoms with Crippen LogP contribution in [0.5, 0.6) is 0 Å². The number of carbonyl (C=O) groups is 2. The molecule has 0 unspecified atom stereocenters. The zero-order valence-electron chi connectivity index (χ0n) is 19.9. The van der Waals surface area contributed by atoms with Crippen molar-refractivity contribution in [2.75, 3.05) is 0 Å². The van der Waals surface area contributed by atoms with Crippen molar-refractivity contribution in [3.63, 3.8) is 0 Å². The molecule has 0 N–H and O–H groups in total. The van der Waals surface area contributed by atoms with Crippen LogP contribution in [0.15, 0.2) is 94.7 Å². The van der Waals surface area contributed by atoms with Crippen LogP contribution >= 0.6 is 0 Å². The summed E-state index contributed by atoms with van der Waals surface area (Å²) in [5, 5.41) is 35.8. The molecule has 0 saturated heterocycles. The van der Waals surface area contributed by atoms with Gasteiger partial charge in [-0.25, -0.2) is 16.8 Å². The summed E-state index contributed by atoms with van der Waals surface area (Å²) >= 11 is 0. The number of hydrogen-bond donors (Lipinski definition) is 0. The zero-order chi connectivity index (χ0) is 27.5. The molecule has 39 heavy (non-hydrogen) atoms. The topological polar surface area (TPSA) is 241 Å². The molecule has 12 nitrogen and oxygen atoms in total. The maximum atomic E-state index is 10.9. The average Bonchev–Trinajstić information content (AvgIpc) is 2.77. The van der Waals surface area contributed by atoms with Gasteiger partial charge >= 0.3 is 113 Å². The van der Waals surface area contributed by atoms with Gasteiger partial charge in [-0.2, -0.15) is 0 Å². The molecule has 4 aromatic rings. The predicted octanol–water partition coefficient (Wildman–Crippen LogP) is -2.55. The molecule has 0 fully saturated rings. The summed E-state index contributed by atoms with van der Waals surface area (Å²) in [5.74, 6) is 0. The number of benzene rings is 4. The fraction of sp³-hybridized carbons (Fsp3) is 0. The Morgan fingerprint density at radius 3 is 0.949 bits per heavy atom. The SMILES string of the molecule is O=C([O-])[O-].O=C([O-])[O-].O=S(=O)([O-])c1cccc2ccccc12.O=S(=O)([O-])c1cccc2ccccc12.[Ca+2].[Ca+2].[Ca+2]. The molecule has 0 aliphatic heterocycles. The Labute approximate surface area is 313 Å². The monoisotopic (exact) mass is 654 g/mol. The van der Waals surface area contributed by atoms with E-state index in [9.17, 15) is 25.9 Å². The van der Waals surface area contributed by atoms with Crippen LogP contribution in [0.2, 0.25) is 0 Å². The van der Waals surface area contributed by atoms with Gasteiger partial charge in [0, 0.05) is 0 Å². The standard InChI is InChI=1S/2C10H8O3S.2CH2O3.3Ca/c2*11-14(12,13)10-7-3-5-8-4-1-2-6-9(8)10;2*2-1(3)4;;;/h2*1-7H,(H,11,12,13);2*(H2,2,3,4);;;/q;;;;3*+2/p-6. The van der Waals surface area contributed by atoms with Crippen LogP contribution in [-0.2, 0) is 20.2 Å². The Morgan fingerprint density at radius 1 is 0.462 bits per heavy atom. The van der Waals surface area contributed by atoms with Crippen LogP contribution in [0, 0.1) is 0 Å². The Bertz CT molecular complexity index is 1440. The quantitative estimate of drug-likeness (QED) is 0.160. The van der Waals surface area contributed by atoms with Gasteiger partial charge in [-0.3, -0.25) is 0 Å². The Morgan fingerprint density at radius 2 is 0.692 bits per heavy atom.